The first kappa shape index (κ1) is 26.4. The van der Waals surface area contributed by atoms with Crippen LogP contribution in [-0.4, -0.2) is 48.0 Å². The summed E-state index contributed by atoms with van der Waals surface area (Å²) in [6.45, 7) is 4.49. The molecule has 0 unspecified atom stereocenters. The van der Waals surface area contributed by atoms with Crippen molar-refractivity contribution in [3.8, 4) is 0 Å². The van der Waals surface area contributed by atoms with Gasteiger partial charge in [0.15, 0.2) is 0 Å². The fraction of sp³-hybridized carbons (Fsp3) is 0.267. The average Bonchev–Trinajstić information content (AvgIpc) is 3.44. The number of nitrogens with zero attached hydrogens (tertiary/aromatic N) is 2. The molecule has 0 spiro atoms. The van der Waals surface area contributed by atoms with Gasteiger partial charge in [-0.25, -0.2) is 4.79 Å². The van der Waals surface area contributed by atoms with E-state index in [-0.39, 0.29) is 18.5 Å². The van der Waals surface area contributed by atoms with Crippen molar-refractivity contribution >= 4 is 39.7 Å². The fourth-order valence-electron chi connectivity index (χ4n) is 4.17. The third kappa shape index (κ3) is 7.65. The molecule has 3 amide bonds. The van der Waals surface area contributed by atoms with Crippen LogP contribution in [0.4, 0.5) is 10.5 Å². The quantitative estimate of drug-likeness (QED) is 0.222. The largest absolute Gasteiger partial charge is 0.382 e. The second-order valence-corrected chi connectivity index (χ2v) is 9.78. The number of carbonyl (C=O) groups is 2. The summed E-state index contributed by atoms with van der Waals surface area (Å²) in [5.74, 6) is -0.0956. The van der Waals surface area contributed by atoms with Crippen LogP contribution in [0.3, 0.4) is 0 Å². The maximum atomic E-state index is 13.6. The van der Waals surface area contributed by atoms with Crippen molar-refractivity contribution in [2.45, 2.75) is 26.4 Å². The standard InChI is InChI=1S/C30H33N3O3S/c1-2-36-19-10-18-32(30(35)31-28-17-8-14-25-13-6-7-16-27(25)28)23-29(34)33(22-26-15-9-20-37-26)21-24-11-4-3-5-12-24/h3-9,11-17,20H,2,10,18-19,21-23H2,1H3,(H,31,35). The first-order valence-corrected chi connectivity index (χ1v) is 13.5. The average molecular weight is 516 g/mol. The highest BCUT2D eigenvalue weighted by Crippen LogP contribution is 2.23. The monoisotopic (exact) mass is 515 g/mol. The van der Waals surface area contributed by atoms with Crippen molar-refractivity contribution in [1.82, 2.24) is 9.80 Å². The Labute approximate surface area is 222 Å². The molecule has 0 fully saturated rings. The third-order valence-electron chi connectivity index (χ3n) is 6.06. The number of urea groups is 1. The van der Waals surface area contributed by atoms with Gasteiger partial charge in [0.25, 0.3) is 0 Å². The number of benzene rings is 3. The number of anilines is 1. The molecule has 4 aromatic rings. The lowest BCUT2D eigenvalue weighted by molar-refractivity contribution is -0.133. The Morgan fingerprint density at radius 2 is 1.65 bits per heavy atom. The molecule has 0 saturated carbocycles. The lowest BCUT2D eigenvalue weighted by Crippen LogP contribution is -2.44. The number of carbonyl (C=O) groups excluding carboxylic acids is 2. The summed E-state index contributed by atoms with van der Waals surface area (Å²) in [5, 5.41) is 7.06. The van der Waals surface area contributed by atoms with E-state index in [0.29, 0.717) is 39.3 Å². The molecule has 7 heteroatoms. The molecule has 1 heterocycles. The summed E-state index contributed by atoms with van der Waals surface area (Å²) in [6.07, 6.45) is 0.647. The van der Waals surface area contributed by atoms with Crippen molar-refractivity contribution in [1.29, 1.82) is 0 Å². The topological polar surface area (TPSA) is 61.9 Å². The van der Waals surface area contributed by atoms with Gasteiger partial charge in [0.1, 0.15) is 6.54 Å². The number of hydrogen-bond acceptors (Lipinski definition) is 4. The Balaban J connectivity index is 1.51. The Kier molecular flexibility index (Phi) is 9.68. The summed E-state index contributed by atoms with van der Waals surface area (Å²) in [7, 11) is 0. The summed E-state index contributed by atoms with van der Waals surface area (Å²) in [4.78, 5) is 31.6. The molecule has 1 N–H and O–H groups in total. The number of rotatable bonds is 12. The minimum atomic E-state index is -0.294. The van der Waals surface area contributed by atoms with E-state index in [1.165, 1.54) is 0 Å². The zero-order chi connectivity index (χ0) is 25.9. The smallest absolute Gasteiger partial charge is 0.322 e. The molecular weight excluding hydrogens is 482 g/mol. The Morgan fingerprint density at radius 1 is 0.865 bits per heavy atom. The van der Waals surface area contributed by atoms with Crippen LogP contribution in [-0.2, 0) is 22.6 Å². The van der Waals surface area contributed by atoms with Crippen LogP contribution < -0.4 is 5.32 Å². The van der Waals surface area contributed by atoms with E-state index in [9.17, 15) is 9.59 Å². The van der Waals surface area contributed by atoms with E-state index in [1.807, 2.05) is 102 Å². The molecule has 0 aliphatic rings. The highest BCUT2D eigenvalue weighted by Gasteiger charge is 2.22. The molecule has 0 atom stereocenters. The van der Waals surface area contributed by atoms with E-state index in [4.69, 9.17) is 4.74 Å². The Morgan fingerprint density at radius 3 is 2.43 bits per heavy atom. The fourth-order valence-corrected chi connectivity index (χ4v) is 4.89. The third-order valence-corrected chi connectivity index (χ3v) is 6.92. The predicted octanol–water partition coefficient (Wildman–Crippen LogP) is 6.39. The van der Waals surface area contributed by atoms with Crippen LogP contribution in [0, 0.1) is 0 Å². The first-order chi connectivity index (χ1) is 18.1. The predicted molar refractivity (Wildman–Crippen MR) is 151 cm³/mol. The zero-order valence-electron chi connectivity index (χ0n) is 21.1. The van der Waals surface area contributed by atoms with Gasteiger partial charge in [0.2, 0.25) is 5.91 Å². The molecule has 0 aliphatic carbocycles. The van der Waals surface area contributed by atoms with Gasteiger partial charge in [-0.15, -0.1) is 11.3 Å². The summed E-state index contributed by atoms with van der Waals surface area (Å²) < 4.78 is 5.49. The molecule has 1 aromatic heterocycles. The molecule has 4 rings (SSSR count). The van der Waals surface area contributed by atoms with Crippen LogP contribution >= 0.6 is 11.3 Å². The van der Waals surface area contributed by atoms with E-state index in [2.05, 4.69) is 5.32 Å². The molecule has 0 saturated heterocycles. The summed E-state index contributed by atoms with van der Waals surface area (Å²) >= 11 is 1.62. The van der Waals surface area contributed by atoms with Crippen LogP contribution in [0.5, 0.6) is 0 Å². The number of thiophene rings is 1. The van der Waals surface area contributed by atoms with Crippen LogP contribution in [0.2, 0.25) is 0 Å². The van der Waals surface area contributed by atoms with Crippen LogP contribution in [0.25, 0.3) is 10.8 Å². The van der Waals surface area contributed by atoms with Gasteiger partial charge in [-0.2, -0.15) is 0 Å². The number of amides is 3. The highest BCUT2D eigenvalue weighted by atomic mass is 32.1. The van der Waals surface area contributed by atoms with Gasteiger partial charge >= 0.3 is 6.03 Å². The summed E-state index contributed by atoms with van der Waals surface area (Å²) in [6, 6.07) is 27.4. The molecule has 0 bridgehead atoms. The van der Waals surface area contributed by atoms with Crippen molar-refractivity contribution in [3.05, 3.63) is 101 Å². The normalized spacial score (nSPS) is 10.8. The van der Waals surface area contributed by atoms with Crippen molar-refractivity contribution in [2.75, 3.05) is 31.6 Å². The number of fused-ring (bicyclic) bond motifs is 1. The van der Waals surface area contributed by atoms with E-state index >= 15 is 0 Å². The maximum absolute atomic E-state index is 13.6. The minimum absolute atomic E-state index is 0.0130. The zero-order valence-corrected chi connectivity index (χ0v) is 22.0. The SMILES string of the molecule is CCOCCCN(CC(=O)N(Cc1ccccc1)Cc1cccs1)C(=O)Nc1cccc2ccccc12. The van der Waals surface area contributed by atoms with E-state index < -0.39 is 0 Å². The molecule has 3 aromatic carbocycles. The second kappa shape index (κ2) is 13.6. The van der Waals surface area contributed by atoms with Gasteiger partial charge in [0, 0.05) is 36.6 Å². The number of ether oxygens (including phenoxy) is 1. The van der Waals surface area contributed by atoms with Crippen molar-refractivity contribution < 1.29 is 14.3 Å². The van der Waals surface area contributed by atoms with E-state index in [0.717, 1.165) is 26.9 Å². The Bertz CT molecular complexity index is 1270. The molecular formula is C30H33N3O3S. The van der Waals surface area contributed by atoms with Gasteiger partial charge in [-0.1, -0.05) is 72.8 Å². The molecule has 37 heavy (non-hydrogen) atoms. The van der Waals surface area contributed by atoms with Crippen LogP contribution in [0.1, 0.15) is 23.8 Å². The molecule has 0 radical (unpaired) electrons. The first-order valence-electron chi connectivity index (χ1n) is 12.6. The number of hydrogen-bond donors (Lipinski definition) is 1. The van der Waals surface area contributed by atoms with Crippen molar-refractivity contribution in [2.24, 2.45) is 0 Å². The molecule has 6 nitrogen and oxygen atoms in total. The molecule has 192 valence electrons. The van der Waals surface area contributed by atoms with Crippen LogP contribution in [0.15, 0.2) is 90.3 Å². The Hall–Kier alpha value is -3.68. The highest BCUT2D eigenvalue weighted by molar-refractivity contribution is 7.09. The molecule has 0 aliphatic heterocycles. The van der Waals surface area contributed by atoms with Gasteiger partial charge < -0.3 is 19.9 Å². The van der Waals surface area contributed by atoms with E-state index in [1.54, 1.807) is 16.2 Å². The lowest BCUT2D eigenvalue weighted by atomic mass is 10.1. The van der Waals surface area contributed by atoms with Crippen molar-refractivity contribution in [3.63, 3.8) is 0 Å². The lowest BCUT2D eigenvalue weighted by Gasteiger charge is -2.28. The maximum Gasteiger partial charge on any atom is 0.322 e. The summed E-state index contributed by atoms with van der Waals surface area (Å²) in [5.41, 5.74) is 1.78. The second-order valence-electron chi connectivity index (χ2n) is 8.74. The van der Waals surface area contributed by atoms with Gasteiger partial charge in [0.05, 0.1) is 12.2 Å². The minimum Gasteiger partial charge on any atom is -0.382 e. The van der Waals surface area contributed by atoms with Gasteiger partial charge in [-0.05, 0) is 41.8 Å². The van der Waals surface area contributed by atoms with Gasteiger partial charge in [-0.3, -0.25) is 4.79 Å². The number of nitrogens with one attached hydrogen (secondary N) is 1.